The van der Waals surface area contributed by atoms with E-state index in [1.54, 1.807) is 25.1 Å². The van der Waals surface area contributed by atoms with Gasteiger partial charge >= 0.3 is 0 Å². The lowest BCUT2D eigenvalue weighted by Gasteiger charge is -2.13. The summed E-state index contributed by atoms with van der Waals surface area (Å²) in [6.45, 7) is 4.16. The summed E-state index contributed by atoms with van der Waals surface area (Å²) in [5, 5.41) is 12.8. The second-order valence-electron chi connectivity index (χ2n) is 4.00. The van der Waals surface area contributed by atoms with Gasteiger partial charge in [-0.25, -0.2) is 0 Å². The Kier molecular flexibility index (Phi) is 5.95. The van der Waals surface area contributed by atoms with Crippen LogP contribution in [0.4, 0.5) is 0 Å². The summed E-state index contributed by atoms with van der Waals surface area (Å²) in [5.41, 5.74) is 0.575. The van der Waals surface area contributed by atoms with Gasteiger partial charge in [0.25, 0.3) is 5.91 Å². The molecule has 0 aliphatic heterocycles. The fraction of sp³-hybridized carbons (Fsp3) is 0.462. The highest BCUT2D eigenvalue weighted by Crippen LogP contribution is 2.28. The Balaban J connectivity index is 2.64. The zero-order chi connectivity index (χ0) is 13.5. The third-order valence-electron chi connectivity index (χ3n) is 2.35. The van der Waals surface area contributed by atoms with Crippen molar-refractivity contribution in [2.45, 2.75) is 26.4 Å². The number of amides is 1. The van der Waals surface area contributed by atoms with Crippen LogP contribution in [0.1, 0.15) is 31.9 Å². The number of aliphatic hydroxyl groups excluding tert-OH is 1. The van der Waals surface area contributed by atoms with Crippen LogP contribution in [0.15, 0.2) is 18.2 Å². The molecule has 100 valence electrons. The first-order chi connectivity index (χ1) is 8.54. The number of nitrogens with one attached hydrogen (secondary N) is 1. The monoisotopic (exact) mass is 271 g/mol. The van der Waals surface area contributed by atoms with Gasteiger partial charge in [0.2, 0.25) is 0 Å². The van der Waals surface area contributed by atoms with Gasteiger partial charge in [0.15, 0.2) is 6.61 Å². The van der Waals surface area contributed by atoms with Crippen molar-refractivity contribution in [1.29, 1.82) is 0 Å². The normalized spacial score (nSPS) is 12.0. The second kappa shape index (κ2) is 7.24. The van der Waals surface area contributed by atoms with Gasteiger partial charge in [-0.1, -0.05) is 18.5 Å². The van der Waals surface area contributed by atoms with Crippen molar-refractivity contribution < 1.29 is 14.6 Å². The number of ether oxygens (including phenoxy) is 1. The van der Waals surface area contributed by atoms with Crippen LogP contribution in [0.5, 0.6) is 5.75 Å². The van der Waals surface area contributed by atoms with Gasteiger partial charge in [-0.3, -0.25) is 4.79 Å². The predicted octanol–water partition coefficient (Wildman–Crippen LogP) is 2.30. The van der Waals surface area contributed by atoms with Crippen molar-refractivity contribution in [2.75, 3.05) is 13.2 Å². The van der Waals surface area contributed by atoms with Crippen molar-refractivity contribution in [3.05, 3.63) is 28.8 Å². The number of carbonyl (C=O) groups excluding carboxylic acids is 1. The molecule has 2 N–H and O–H groups in total. The van der Waals surface area contributed by atoms with E-state index in [1.165, 1.54) is 0 Å². The Morgan fingerprint density at radius 3 is 2.89 bits per heavy atom. The maximum Gasteiger partial charge on any atom is 0.257 e. The smallest absolute Gasteiger partial charge is 0.257 e. The Bertz CT molecular complexity index is 407. The lowest BCUT2D eigenvalue weighted by molar-refractivity contribution is -0.123. The molecule has 0 unspecified atom stereocenters. The van der Waals surface area contributed by atoms with Crippen LogP contribution in [-0.4, -0.2) is 24.2 Å². The lowest BCUT2D eigenvalue weighted by atomic mass is 10.1. The van der Waals surface area contributed by atoms with E-state index in [9.17, 15) is 9.90 Å². The van der Waals surface area contributed by atoms with E-state index in [0.717, 1.165) is 6.42 Å². The fourth-order valence-electron chi connectivity index (χ4n) is 1.44. The van der Waals surface area contributed by atoms with Gasteiger partial charge in [0, 0.05) is 17.1 Å². The SMILES string of the molecule is CCCNC(=O)COc1ccc(Cl)cc1[C@H](C)O. The Labute approximate surface area is 112 Å². The molecule has 0 radical (unpaired) electrons. The molecule has 1 rings (SSSR count). The number of halogens is 1. The molecule has 0 aromatic heterocycles. The maximum atomic E-state index is 11.4. The van der Waals surface area contributed by atoms with Gasteiger partial charge in [-0.05, 0) is 31.5 Å². The summed E-state index contributed by atoms with van der Waals surface area (Å²) in [7, 11) is 0. The minimum absolute atomic E-state index is 0.0681. The Morgan fingerprint density at radius 2 is 2.28 bits per heavy atom. The zero-order valence-electron chi connectivity index (χ0n) is 10.6. The molecule has 0 heterocycles. The minimum atomic E-state index is -0.697. The van der Waals surface area contributed by atoms with E-state index in [1.807, 2.05) is 6.92 Å². The van der Waals surface area contributed by atoms with Crippen LogP contribution in [0.2, 0.25) is 5.02 Å². The van der Waals surface area contributed by atoms with E-state index in [-0.39, 0.29) is 12.5 Å². The summed E-state index contributed by atoms with van der Waals surface area (Å²) in [5.74, 6) is 0.296. The lowest BCUT2D eigenvalue weighted by Crippen LogP contribution is -2.29. The van der Waals surface area contributed by atoms with Gasteiger partial charge in [0.1, 0.15) is 5.75 Å². The first-order valence-electron chi connectivity index (χ1n) is 5.91. The maximum absolute atomic E-state index is 11.4. The molecular formula is C13H18ClNO3. The first-order valence-corrected chi connectivity index (χ1v) is 6.29. The molecular weight excluding hydrogens is 254 g/mol. The highest BCUT2D eigenvalue weighted by molar-refractivity contribution is 6.30. The van der Waals surface area contributed by atoms with E-state index < -0.39 is 6.10 Å². The predicted molar refractivity (Wildman–Crippen MR) is 70.9 cm³/mol. The van der Waals surface area contributed by atoms with Crippen molar-refractivity contribution in [1.82, 2.24) is 5.32 Å². The van der Waals surface area contributed by atoms with Gasteiger partial charge < -0.3 is 15.2 Å². The quantitative estimate of drug-likeness (QED) is 0.835. The highest BCUT2D eigenvalue weighted by Gasteiger charge is 2.11. The van der Waals surface area contributed by atoms with Crippen molar-refractivity contribution in [2.24, 2.45) is 0 Å². The summed E-state index contributed by atoms with van der Waals surface area (Å²) < 4.78 is 5.38. The molecule has 1 amide bonds. The van der Waals surface area contributed by atoms with Crippen LogP contribution < -0.4 is 10.1 Å². The minimum Gasteiger partial charge on any atom is -0.483 e. The topological polar surface area (TPSA) is 58.6 Å². The van der Waals surface area contributed by atoms with Crippen LogP contribution in [0.3, 0.4) is 0 Å². The molecule has 4 nitrogen and oxygen atoms in total. The summed E-state index contributed by atoms with van der Waals surface area (Å²) in [4.78, 5) is 11.4. The molecule has 0 bridgehead atoms. The van der Waals surface area contributed by atoms with E-state index in [4.69, 9.17) is 16.3 Å². The van der Waals surface area contributed by atoms with Crippen molar-refractivity contribution >= 4 is 17.5 Å². The molecule has 0 spiro atoms. The van der Waals surface area contributed by atoms with E-state index in [2.05, 4.69) is 5.32 Å². The molecule has 0 fully saturated rings. The standard InChI is InChI=1S/C13H18ClNO3/c1-3-6-15-13(17)8-18-12-5-4-10(14)7-11(12)9(2)16/h4-5,7,9,16H,3,6,8H2,1-2H3,(H,15,17)/t9-/m0/s1. The Hall–Kier alpha value is -1.26. The third-order valence-corrected chi connectivity index (χ3v) is 2.59. The number of aliphatic hydroxyl groups is 1. The molecule has 5 heteroatoms. The zero-order valence-corrected chi connectivity index (χ0v) is 11.3. The van der Waals surface area contributed by atoms with Crippen LogP contribution in [0.25, 0.3) is 0 Å². The average Bonchev–Trinajstić information content (AvgIpc) is 2.34. The summed E-state index contributed by atoms with van der Waals surface area (Å²) in [6.07, 6.45) is 0.184. The van der Waals surface area contributed by atoms with Gasteiger partial charge in [-0.2, -0.15) is 0 Å². The van der Waals surface area contributed by atoms with Crippen molar-refractivity contribution in [3.63, 3.8) is 0 Å². The summed E-state index contributed by atoms with van der Waals surface area (Å²) >= 11 is 5.85. The largest absolute Gasteiger partial charge is 0.483 e. The molecule has 0 saturated carbocycles. The summed E-state index contributed by atoms with van der Waals surface area (Å²) in [6, 6.07) is 4.94. The first kappa shape index (κ1) is 14.8. The second-order valence-corrected chi connectivity index (χ2v) is 4.43. The molecule has 1 atom stereocenters. The fourth-order valence-corrected chi connectivity index (χ4v) is 1.62. The Morgan fingerprint density at radius 1 is 1.56 bits per heavy atom. The highest BCUT2D eigenvalue weighted by atomic mass is 35.5. The van der Waals surface area contributed by atoms with Crippen LogP contribution in [-0.2, 0) is 4.79 Å². The number of hydrogen-bond acceptors (Lipinski definition) is 3. The number of carbonyl (C=O) groups is 1. The van der Waals surface area contributed by atoms with E-state index >= 15 is 0 Å². The van der Waals surface area contributed by atoms with Crippen LogP contribution in [0, 0.1) is 0 Å². The number of rotatable bonds is 6. The van der Waals surface area contributed by atoms with Gasteiger partial charge in [0.05, 0.1) is 6.10 Å². The molecule has 1 aromatic carbocycles. The van der Waals surface area contributed by atoms with Gasteiger partial charge in [-0.15, -0.1) is 0 Å². The number of hydrogen-bond donors (Lipinski definition) is 2. The number of benzene rings is 1. The van der Waals surface area contributed by atoms with Crippen molar-refractivity contribution in [3.8, 4) is 5.75 Å². The molecule has 1 aromatic rings. The third kappa shape index (κ3) is 4.55. The molecule has 18 heavy (non-hydrogen) atoms. The average molecular weight is 272 g/mol. The van der Waals surface area contributed by atoms with E-state index in [0.29, 0.717) is 22.9 Å². The molecule has 0 saturated heterocycles. The van der Waals surface area contributed by atoms with Crippen LogP contribution >= 0.6 is 11.6 Å². The molecule has 0 aliphatic rings. The molecule has 0 aliphatic carbocycles.